The van der Waals surface area contributed by atoms with Gasteiger partial charge >= 0.3 is 5.97 Å². The Balaban J connectivity index is 2.07. The number of nitrogens with one attached hydrogen (secondary N) is 1. The van der Waals surface area contributed by atoms with Crippen LogP contribution in [-0.2, 0) is 14.3 Å². The van der Waals surface area contributed by atoms with Gasteiger partial charge in [-0.15, -0.1) is 0 Å². The highest BCUT2D eigenvalue weighted by atomic mass is 16.6. The monoisotopic (exact) mass is 263 g/mol. The van der Waals surface area contributed by atoms with E-state index in [1.807, 2.05) is 13.0 Å². The predicted molar refractivity (Wildman–Crippen MR) is 69.9 cm³/mol. The first kappa shape index (κ1) is 13.4. The number of carbonyl (C=O) groups is 2. The van der Waals surface area contributed by atoms with Crippen LogP contribution in [0.2, 0.25) is 0 Å². The first-order valence-corrected chi connectivity index (χ1v) is 6.30. The zero-order valence-electron chi connectivity index (χ0n) is 11.0. The molecular formula is C14H17NO4. The molecule has 5 heteroatoms. The van der Waals surface area contributed by atoms with Crippen molar-refractivity contribution in [1.82, 2.24) is 0 Å². The molecule has 0 radical (unpaired) electrons. The summed E-state index contributed by atoms with van der Waals surface area (Å²) < 4.78 is 10.3. The average molecular weight is 263 g/mol. The minimum absolute atomic E-state index is 0.152. The molecule has 0 saturated carbocycles. The molecule has 1 aliphatic heterocycles. The Kier molecular flexibility index (Phi) is 4.04. The average Bonchev–Trinajstić information content (AvgIpc) is 2.80. The van der Waals surface area contributed by atoms with E-state index in [0.717, 1.165) is 6.42 Å². The summed E-state index contributed by atoms with van der Waals surface area (Å²) in [5.74, 6) is -0.950. The lowest BCUT2D eigenvalue weighted by Gasteiger charge is -2.11. The number of benzene rings is 1. The van der Waals surface area contributed by atoms with E-state index in [2.05, 4.69) is 5.32 Å². The molecule has 19 heavy (non-hydrogen) atoms. The van der Waals surface area contributed by atoms with Crippen LogP contribution in [0.1, 0.15) is 19.8 Å². The van der Waals surface area contributed by atoms with Crippen LogP contribution < -0.4 is 10.1 Å². The van der Waals surface area contributed by atoms with E-state index in [-0.39, 0.29) is 12.0 Å². The fourth-order valence-corrected chi connectivity index (χ4v) is 2.09. The number of ether oxygens (including phenoxy) is 2. The summed E-state index contributed by atoms with van der Waals surface area (Å²) in [5, 5.41) is 2.71. The summed E-state index contributed by atoms with van der Waals surface area (Å²) in [6, 6.07) is 7.08. The molecule has 102 valence electrons. The van der Waals surface area contributed by atoms with Gasteiger partial charge in [0.2, 0.25) is 5.91 Å². The summed E-state index contributed by atoms with van der Waals surface area (Å²) >= 11 is 0. The first-order chi connectivity index (χ1) is 9.15. The van der Waals surface area contributed by atoms with E-state index in [9.17, 15) is 9.59 Å². The predicted octanol–water partition coefficient (Wildman–Crippen LogP) is 1.98. The van der Waals surface area contributed by atoms with Gasteiger partial charge in [-0.2, -0.15) is 0 Å². The minimum Gasteiger partial charge on any atom is -0.495 e. The molecule has 2 unspecified atom stereocenters. The third kappa shape index (κ3) is 2.86. The second kappa shape index (κ2) is 5.73. The SMILES string of the molecule is CCC1CC(C(=O)Nc2ccccc2OC)C(=O)O1. The molecule has 1 saturated heterocycles. The first-order valence-electron chi connectivity index (χ1n) is 6.30. The summed E-state index contributed by atoms with van der Waals surface area (Å²) in [4.78, 5) is 23.7. The van der Waals surface area contributed by atoms with E-state index >= 15 is 0 Å². The maximum atomic E-state index is 12.1. The van der Waals surface area contributed by atoms with Crippen LogP contribution in [0, 0.1) is 5.92 Å². The third-order valence-corrected chi connectivity index (χ3v) is 3.20. The van der Waals surface area contributed by atoms with E-state index in [1.165, 1.54) is 7.11 Å². The molecule has 1 fully saturated rings. The van der Waals surface area contributed by atoms with E-state index < -0.39 is 11.9 Å². The highest BCUT2D eigenvalue weighted by Gasteiger charge is 2.38. The van der Waals surface area contributed by atoms with Crippen molar-refractivity contribution in [2.24, 2.45) is 5.92 Å². The van der Waals surface area contributed by atoms with Crippen molar-refractivity contribution in [3.05, 3.63) is 24.3 Å². The molecule has 2 rings (SSSR count). The number of esters is 1. The zero-order valence-corrected chi connectivity index (χ0v) is 11.0. The van der Waals surface area contributed by atoms with Crippen molar-refractivity contribution in [1.29, 1.82) is 0 Å². The van der Waals surface area contributed by atoms with Crippen molar-refractivity contribution >= 4 is 17.6 Å². The molecule has 1 amide bonds. The number of para-hydroxylation sites is 2. The van der Waals surface area contributed by atoms with Crippen molar-refractivity contribution in [3.63, 3.8) is 0 Å². The number of anilines is 1. The van der Waals surface area contributed by atoms with Crippen LogP contribution in [0.15, 0.2) is 24.3 Å². The lowest BCUT2D eigenvalue weighted by molar-refractivity contribution is -0.146. The number of hydrogen-bond donors (Lipinski definition) is 1. The highest BCUT2D eigenvalue weighted by Crippen LogP contribution is 2.27. The Bertz CT molecular complexity index is 486. The molecule has 0 aromatic heterocycles. The summed E-state index contributed by atoms with van der Waals surface area (Å²) in [5.41, 5.74) is 0.558. The molecule has 1 heterocycles. The number of methoxy groups -OCH3 is 1. The highest BCUT2D eigenvalue weighted by molar-refractivity contribution is 6.06. The van der Waals surface area contributed by atoms with Gasteiger partial charge in [0.15, 0.2) is 0 Å². The Morgan fingerprint density at radius 1 is 1.47 bits per heavy atom. The summed E-state index contributed by atoms with van der Waals surface area (Å²) in [7, 11) is 1.53. The zero-order chi connectivity index (χ0) is 13.8. The lowest BCUT2D eigenvalue weighted by Crippen LogP contribution is -2.26. The maximum Gasteiger partial charge on any atom is 0.318 e. The van der Waals surface area contributed by atoms with Crippen LogP contribution in [0.3, 0.4) is 0 Å². The van der Waals surface area contributed by atoms with Crippen LogP contribution in [0.4, 0.5) is 5.69 Å². The smallest absolute Gasteiger partial charge is 0.318 e. The van der Waals surface area contributed by atoms with Crippen LogP contribution in [0.5, 0.6) is 5.75 Å². The van der Waals surface area contributed by atoms with Gasteiger partial charge in [0.05, 0.1) is 12.8 Å². The molecule has 0 aliphatic carbocycles. The van der Waals surface area contributed by atoms with Gasteiger partial charge in [-0.3, -0.25) is 9.59 Å². The van der Waals surface area contributed by atoms with E-state index in [4.69, 9.17) is 9.47 Å². The summed E-state index contributed by atoms with van der Waals surface area (Å²) in [6.07, 6.45) is 1.02. The van der Waals surface area contributed by atoms with Gasteiger partial charge in [-0.25, -0.2) is 0 Å². The fraction of sp³-hybridized carbons (Fsp3) is 0.429. The van der Waals surface area contributed by atoms with Gasteiger partial charge < -0.3 is 14.8 Å². The largest absolute Gasteiger partial charge is 0.495 e. The van der Waals surface area contributed by atoms with E-state index in [1.54, 1.807) is 18.2 Å². The maximum absolute atomic E-state index is 12.1. The van der Waals surface area contributed by atoms with Gasteiger partial charge in [0, 0.05) is 6.42 Å². The lowest BCUT2D eigenvalue weighted by atomic mass is 10.0. The molecule has 0 spiro atoms. The normalized spacial score (nSPS) is 21.9. The van der Waals surface area contributed by atoms with Crippen molar-refractivity contribution in [3.8, 4) is 5.75 Å². The number of cyclic esters (lactones) is 1. The quantitative estimate of drug-likeness (QED) is 0.666. The molecule has 1 N–H and O–H groups in total. The number of hydrogen-bond acceptors (Lipinski definition) is 4. The molecule has 1 aromatic carbocycles. The Labute approximate surface area is 111 Å². The molecule has 1 aliphatic rings. The van der Waals surface area contributed by atoms with Crippen LogP contribution in [-0.4, -0.2) is 25.1 Å². The standard InChI is InChI=1S/C14H17NO4/c1-3-9-8-10(14(17)19-9)13(16)15-11-6-4-5-7-12(11)18-2/h4-7,9-10H,3,8H2,1-2H3,(H,15,16). The van der Waals surface area contributed by atoms with Gasteiger partial charge in [-0.05, 0) is 18.6 Å². The third-order valence-electron chi connectivity index (χ3n) is 3.20. The second-order valence-electron chi connectivity index (χ2n) is 4.44. The van der Waals surface area contributed by atoms with Crippen molar-refractivity contribution in [2.75, 3.05) is 12.4 Å². The van der Waals surface area contributed by atoms with Gasteiger partial charge in [0.1, 0.15) is 17.8 Å². The second-order valence-corrected chi connectivity index (χ2v) is 4.44. The number of amides is 1. The molecule has 5 nitrogen and oxygen atoms in total. The minimum atomic E-state index is -0.727. The van der Waals surface area contributed by atoms with Crippen LogP contribution >= 0.6 is 0 Å². The number of carbonyl (C=O) groups excluding carboxylic acids is 2. The van der Waals surface area contributed by atoms with Crippen LogP contribution in [0.25, 0.3) is 0 Å². The number of rotatable bonds is 4. The fourth-order valence-electron chi connectivity index (χ4n) is 2.09. The Morgan fingerprint density at radius 2 is 2.21 bits per heavy atom. The van der Waals surface area contributed by atoms with Crippen molar-refractivity contribution < 1.29 is 19.1 Å². The Hall–Kier alpha value is -2.04. The van der Waals surface area contributed by atoms with Gasteiger partial charge in [-0.1, -0.05) is 19.1 Å². The molecule has 0 bridgehead atoms. The van der Waals surface area contributed by atoms with E-state index in [0.29, 0.717) is 17.9 Å². The molecular weight excluding hydrogens is 246 g/mol. The Morgan fingerprint density at radius 3 is 2.84 bits per heavy atom. The summed E-state index contributed by atoms with van der Waals surface area (Å²) in [6.45, 7) is 1.93. The topological polar surface area (TPSA) is 64.6 Å². The molecule has 1 aromatic rings. The van der Waals surface area contributed by atoms with Crippen molar-refractivity contribution in [2.45, 2.75) is 25.9 Å². The molecule has 2 atom stereocenters. The van der Waals surface area contributed by atoms with Gasteiger partial charge in [0.25, 0.3) is 0 Å².